The molecule has 0 bridgehead atoms. The number of rotatable bonds is 3. The molecule has 0 atom stereocenters. The Hall–Kier alpha value is -1.72. The number of imidazole rings is 1. The molecule has 2 aromatic rings. The summed E-state index contributed by atoms with van der Waals surface area (Å²) in [5, 5.41) is 0.640. The Morgan fingerprint density at radius 1 is 1.32 bits per heavy atom. The molecule has 1 fully saturated rings. The van der Waals surface area contributed by atoms with Gasteiger partial charge in [-0.3, -0.25) is 4.90 Å². The minimum atomic E-state index is 0. The van der Waals surface area contributed by atoms with Gasteiger partial charge in [-0.15, -0.1) is 12.4 Å². The van der Waals surface area contributed by atoms with Crippen molar-refractivity contribution in [3.8, 4) is 0 Å². The molecule has 22 heavy (non-hydrogen) atoms. The van der Waals surface area contributed by atoms with Gasteiger partial charge in [-0.05, 0) is 25.1 Å². The molecule has 0 spiro atoms. The third kappa shape index (κ3) is 3.05. The van der Waals surface area contributed by atoms with Crippen molar-refractivity contribution < 1.29 is 4.79 Å². The van der Waals surface area contributed by atoms with Crippen molar-refractivity contribution in [2.45, 2.75) is 13.5 Å². The fourth-order valence-corrected chi connectivity index (χ4v) is 2.78. The number of amides is 2. The van der Waals surface area contributed by atoms with Crippen molar-refractivity contribution in [3.05, 3.63) is 47.0 Å². The maximum atomic E-state index is 12.5. The second-order valence-corrected chi connectivity index (χ2v) is 5.66. The number of aromatic nitrogens is 2. The van der Waals surface area contributed by atoms with Crippen molar-refractivity contribution in [3.63, 3.8) is 0 Å². The number of halogens is 2. The van der Waals surface area contributed by atoms with E-state index in [-0.39, 0.29) is 18.4 Å². The van der Waals surface area contributed by atoms with Crippen molar-refractivity contribution in [2.75, 3.05) is 18.0 Å². The number of carbonyl (C=O) groups is 1. The topological polar surface area (TPSA) is 41.4 Å². The minimum absolute atomic E-state index is 0. The Balaban J connectivity index is 0.00000176. The second-order valence-electron chi connectivity index (χ2n) is 5.22. The van der Waals surface area contributed by atoms with E-state index in [1.807, 2.05) is 47.7 Å². The Morgan fingerprint density at radius 2 is 2.09 bits per heavy atom. The minimum Gasteiger partial charge on any atom is -0.336 e. The molecular formula is C15H18Cl2N4O. The van der Waals surface area contributed by atoms with Crippen LogP contribution in [0.5, 0.6) is 0 Å². The first-order chi connectivity index (χ1) is 10.1. The summed E-state index contributed by atoms with van der Waals surface area (Å²) in [7, 11) is 1.95. The highest BCUT2D eigenvalue weighted by molar-refractivity contribution is 6.30. The van der Waals surface area contributed by atoms with Crippen LogP contribution in [-0.2, 0) is 13.6 Å². The van der Waals surface area contributed by atoms with E-state index in [0.717, 1.165) is 17.1 Å². The van der Waals surface area contributed by atoms with Crippen LogP contribution in [0.4, 0.5) is 10.5 Å². The number of carbonyl (C=O) groups excluding carboxylic acids is 1. The summed E-state index contributed by atoms with van der Waals surface area (Å²) in [6, 6.07) is 7.40. The number of hydrogen-bond donors (Lipinski definition) is 0. The quantitative estimate of drug-likeness (QED) is 0.860. The molecule has 0 aliphatic carbocycles. The maximum Gasteiger partial charge on any atom is 0.324 e. The van der Waals surface area contributed by atoms with E-state index in [0.29, 0.717) is 24.7 Å². The predicted octanol–water partition coefficient (Wildman–Crippen LogP) is 3.25. The summed E-state index contributed by atoms with van der Waals surface area (Å²) < 4.78 is 1.96. The monoisotopic (exact) mass is 340 g/mol. The lowest BCUT2D eigenvalue weighted by atomic mass is 10.3. The van der Waals surface area contributed by atoms with Crippen molar-refractivity contribution in [1.29, 1.82) is 0 Å². The first-order valence-electron chi connectivity index (χ1n) is 6.85. The van der Waals surface area contributed by atoms with Crippen LogP contribution < -0.4 is 4.90 Å². The van der Waals surface area contributed by atoms with Crippen LogP contribution in [0.1, 0.15) is 11.4 Å². The fraction of sp³-hybridized carbons (Fsp3) is 0.333. The summed E-state index contributed by atoms with van der Waals surface area (Å²) in [6.07, 6.45) is 1.78. The van der Waals surface area contributed by atoms with Gasteiger partial charge in [-0.1, -0.05) is 17.7 Å². The summed E-state index contributed by atoms with van der Waals surface area (Å²) in [5.74, 6) is 0. The standard InChI is InChI=1S/C15H17ClN4O.ClH/c1-11-14(18(2)10-17-11)9-19-6-7-20(15(19)21)13-5-3-4-12(16)8-13;/h3-5,8,10H,6-7,9H2,1-2H3;1H. The molecular weight excluding hydrogens is 323 g/mol. The molecule has 0 N–H and O–H groups in total. The number of aryl methyl sites for hydroxylation is 2. The molecule has 7 heteroatoms. The van der Waals surface area contributed by atoms with Crippen molar-refractivity contribution in [2.24, 2.45) is 7.05 Å². The van der Waals surface area contributed by atoms with E-state index in [2.05, 4.69) is 4.98 Å². The smallest absolute Gasteiger partial charge is 0.324 e. The zero-order valence-electron chi connectivity index (χ0n) is 12.5. The number of urea groups is 1. The van der Waals surface area contributed by atoms with Gasteiger partial charge in [0.25, 0.3) is 0 Å². The Bertz CT molecular complexity index is 666. The average molecular weight is 341 g/mol. The normalized spacial score (nSPS) is 14.4. The van der Waals surface area contributed by atoms with Crippen molar-refractivity contribution in [1.82, 2.24) is 14.5 Å². The highest BCUT2D eigenvalue weighted by atomic mass is 35.5. The van der Waals surface area contributed by atoms with Crippen LogP contribution in [-0.4, -0.2) is 33.6 Å². The molecule has 2 amide bonds. The number of anilines is 1. The number of benzene rings is 1. The van der Waals surface area contributed by atoms with E-state index >= 15 is 0 Å². The van der Waals surface area contributed by atoms with E-state index in [1.54, 1.807) is 11.2 Å². The largest absolute Gasteiger partial charge is 0.336 e. The van der Waals surface area contributed by atoms with Crippen LogP contribution >= 0.6 is 24.0 Å². The molecule has 0 unspecified atom stereocenters. The summed E-state index contributed by atoms with van der Waals surface area (Å²) in [4.78, 5) is 20.4. The van der Waals surface area contributed by atoms with Crippen LogP contribution in [0, 0.1) is 6.92 Å². The second kappa shape index (κ2) is 6.58. The van der Waals surface area contributed by atoms with Crippen LogP contribution in [0.25, 0.3) is 0 Å². The summed E-state index contributed by atoms with van der Waals surface area (Å²) in [5.41, 5.74) is 2.87. The van der Waals surface area contributed by atoms with Gasteiger partial charge in [-0.2, -0.15) is 0 Å². The molecule has 0 radical (unpaired) electrons. The zero-order valence-corrected chi connectivity index (χ0v) is 14.1. The van der Waals surface area contributed by atoms with Gasteiger partial charge in [0.1, 0.15) is 0 Å². The zero-order chi connectivity index (χ0) is 15.0. The molecule has 1 aliphatic heterocycles. The molecule has 118 valence electrons. The molecule has 1 aromatic carbocycles. The molecule has 1 saturated heterocycles. The lowest BCUT2D eigenvalue weighted by Crippen LogP contribution is -2.32. The molecule has 5 nitrogen and oxygen atoms in total. The van der Waals surface area contributed by atoms with E-state index in [4.69, 9.17) is 11.6 Å². The van der Waals surface area contributed by atoms with Crippen LogP contribution in [0.3, 0.4) is 0 Å². The molecule has 2 heterocycles. The molecule has 3 rings (SSSR count). The third-order valence-corrected chi connectivity index (χ3v) is 4.06. The van der Waals surface area contributed by atoms with Gasteiger partial charge in [0.05, 0.1) is 24.3 Å². The average Bonchev–Trinajstić information content (AvgIpc) is 2.97. The summed E-state index contributed by atoms with van der Waals surface area (Å²) in [6.45, 7) is 3.93. The SMILES string of the molecule is Cc1ncn(C)c1CN1CCN(c2cccc(Cl)c2)C1=O.Cl. The lowest BCUT2D eigenvalue weighted by Gasteiger charge is -2.19. The van der Waals surface area contributed by atoms with E-state index < -0.39 is 0 Å². The van der Waals surface area contributed by atoms with Gasteiger partial charge < -0.3 is 9.47 Å². The Kier molecular flexibility index (Phi) is 4.98. The fourth-order valence-electron chi connectivity index (χ4n) is 2.59. The molecule has 1 aromatic heterocycles. The Labute approximate surface area is 140 Å². The lowest BCUT2D eigenvalue weighted by molar-refractivity contribution is 0.217. The van der Waals surface area contributed by atoms with Gasteiger partial charge in [0, 0.05) is 30.8 Å². The van der Waals surface area contributed by atoms with E-state index in [1.165, 1.54) is 0 Å². The number of nitrogens with zero attached hydrogens (tertiary/aromatic N) is 4. The molecule has 1 aliphatic rings. The van der Waals surface area contributed by atoms with Gasteiger partial charge in [0.15, 0.2) is 0 Å². The Morgan fingerprint density at radius 3 is 2.73 bits per heavy atom. The highest BCUT2D eigenvalue weighted by Crippen LogP contribution is 2.24. The van der Waals surface area contributed by atoms with Crippen LogP contribution in [0.2, 0.25) is 5.02 Å². The highest BCUT2D eigenvalue weighted by Gasteiger charge is 2.30. The predicted molar refractivity (Wildman–Crippen MR) is 89.8 cm³/mol. The van der Waals surface area contributed by atoms with Gasteiger partial charge in [0.2, 0.25) is 0 Å². The maximum absolute atomic E-state index is 12.5. The first kappa shape index (κ1) is 16.6. The van der Waals surface area contributed by atoms with Crippen LogP contribution in [0.15, 0.2) is 30.6 Å². The first-order valence-corrected chi connectivity index (χ1v) is 7.23. The van der Waals surface area contributed by atoms with Crippen molar-refractivity contribution >= 4 is 35.7 Å². The van der Waals surface area contributed by atoms with E-state index in [9.17, 15) is 4.79 Å². The van der Waals surface area contributed by atoms with Gasteiger partial charge in [-0.25, -0.2) is 9.78 Å². The third-order valence-electron chi connectivity index (χ3n) is 3.82. The van der Waals surface area contributed by atoms with Gasteiger partial charge >= 0.3 is 6.03 Å². The molecule has 0 saturated carbocycles. The number of hydrogen-bond acceptors (Lipinski definition) is 2. The summed E-state index contributed by atoms with van der Waals surface area (Å²) >= 11 is 6.00.